The highest BCUT2D eigenvalue weighted by Crippen LogP contribution is 2.41. The lowest BCUT2D eigenvalue weighted by Gasteiger charge is -2.40. The van der Waals surface area contributed by atoms with Crippen LogP contribution in [0, 0.1) is 0 Å². The van der Waals surface area contributed by atoms with Gasteiger partial charge in [-0.05, 0) is 43.2 Å². The molecule has 0 amide bonds. The molecule has 2 unspecified atom stereocenters. The fourth-order valence-corrected chi connectivity index (χ4v) is 3.80. The van der Waals surface area contributed by atoms with Gasteiger partial charge in [-0.25, -0.2) is 0 Å². The molecule has 0 saturated heterocycles. The van der Waals surface area contributed by atoms with Gasteiger partial charge in [0.05, 0.1) is 13.2 Å². The lowest BCUT2D eigenvalue weighted by Crippen LogP contribution is -2.49. The number of ether oxygens (including phenoxy) is 1. The minimum Gasteiger partial charge on any atom is -0.496 e. The molecule has 0 bridgehead atoms. The molecule has 0 radical (unpaired) electrons. The van der Waals surface area contributed by atoms with Gasteiger partial charge < -0.3 is 15.2 Å². The van der Waals surface area contributed by atoms with E-state index in [0.717, 1.165) is 31.4 Å². The molecule has 21 heavy (non-hydrogen) atoms. The smallest absolute Gasteiger partial charge is 0.122 e. The summed E-state index contributed by atoms with van der Waals surface area (Å²) in [6.45, 7) is 0. The van der Waals surface area contributed by atoms with E-state index in [1.807, 2.05) is 12.1 Å². The molecule has 1 aromatic rings. The van der Waals surface area contributed by atoms with E-state index in [0.29, 0.717) is 18.0 Å². The van der Waals surface area contributed by atoms with Gasteiger partial charge in [0, 0.05) is 12.1 Å². The first kappa shape index (κ1) is 14.9. The van der Waals surface area contributed by atoms with Gasteiger partial charge in [0.25, 0.3) is 0 Å². The minimum absolute atomic E-state index is 0.155. The van der Waals surface area contributed by atoms with Gasteiger partial charge in [-0.2, -0.15) is 0 Å². The number of benzene rings is 1. The first-order valence-electron chi connectivity index (χ1n) is 8.35. The first-order valence-corrected chi connectivity index (χ1v) is 8.35. The molecule has 2 atom stereocenters. The Labute approximate surface area is 127 Å². The van der Waals surface area contributed by atoms with E-state index in [2.05, 4.69) is 17.4 Å². The molecule has 2 aliphatic rings. The highest BCUT2D eigenvalue weighted by atomic mass is 16.5. The molecule has 0 spiro atoms. The van der Waals surface area contributed by atoms with Crippen LogP contribution in [-0.2, 0) is 0 Å². The van der Waals surface area contributed by atoms with Gasteiger partial charge in [0.1, 0.15) is 5.75 Å². The SMILES string of the molecule is COc1ccccc1C1CC(NC2CCCCCC2O)C1. The third kappa shape index (κ3) is 3.41. The zero-order valence-electron chi connectivity index (χ0n) is 12.9. The Hall–Kier alpha value is -1.06. The average Bonchev–Trinajstić information content (AvgIpc) is 2.67. The molecule has 3 heteroatoms. The summed E-state index contributed by atoms with van der Waals surface area (Å²) in [5, 5.41) is 13.9. The van der Waals surface area contributed by atoms with Crippen LogP contribution in [0.25, 0.3) is 0 Å². The molecule has 1 aromatic carbocycles. The van der Waals surface area contributed by atoms with E-state index in [-0.39, 0.29) is 6.10 Å². The van der Waals surface area contributed by atoms with Crippen molar-refractivity contribution in [3.8, 4) is 5.75 Å². The van der Waals surface area contributed by atoms with Crippen molar-refractivity contribution in [2.75, 3.05) is 7.11 Å². The summed E-state index contributed by atoms with van der Waals surface area (Å²) in [4.78, 5) is 0. The molecular weight excluding hydrogens is 262 g/mol. The molecule has 116 valence electrons. The molecule has 0 aromatic heterocycles. The first-order chi connectivity index (χ1) is 10.3. The molecule has 0 aliphatic heterocycles. The molecule has 3 rings (SSSR count). The number of aliphatic hydroxyl groups is 1. The summed E-state index contributed by atoms with van der Waals surface area (Å²) in [5.41, 5.74) is 1.33. The van der Waals surface area contributed by atoms with Gasteiger partial charge >= 0.3 is 0 Å². The van der Waals surface area contributed by atoms with Gasteiger partial charge in [0.15, 0.2) is 0 Å². The number of aliphatic hydroxyl groups excluding tert-OH is 1. The molecule has 2 N–H and O–H groups in total. The number of para-hydroxylation sites is 1. The van der Waals surface area contributed by atoms with Crippen LogP contribution in [0.15, 0.2) is 24.3 Å². The van der Waals surface area contributed by atoms with Crippen molar-refractivity contribution in [1.82, 2.24) is 5.32 Å². The van der Waals surface area contributed by atoms with Crippen LogP contribution < -0.4 is 10.1 Å². The van der Waals surface area contributed by atoms with Crippen LogP contribution in [0.2, 0.25) is 0 Å². The Morgan fingerprint density at radius 1 is 1.10 bits per heavy atom. The summed E-state index contributed by atoms with van der Waals surface area (Å²) in [6.07, 6.45) is 7.93. The quantitative estimate of drug-likeness (QED) is 0.836. The standard InChI is InChI=1S/C18H27NO2/c1-21-18-10-6-5-7-15(18)13-11-14(12-13)19-16-8-3-2-4-9-17(16)20/h5-7,10,13-14,16-17,19-20H,2-4,8-9,11-12H2,1H3. The van der Waals surface area contributed by atoms with E-state index < -0.39 is 0 Å². The second-order valence-electron chi connectivity index (χ2n) is 6.59. The van der Waals surface area contributed by atoms with E-state index in [1.54, 1.807) is 7.11 Å². The fourth-order valence-electron chi connectivity index (χ4n) is 3.80. The summed E-state index contributed by atoms with van der Waals surface area (Å²) in [6, 6.07) is 9.20. The highest BCUT2D eigenvalue weighted by Gasteiger charge is 2.34. The number of methoxy groups -OCH3 is 1. The molecule has 3 nitrogen and oxygen atoms in total. The Kier molecular flexibility index (Phi) is 4.81. The van der Waals surface area contributed by atoms with E-state index in [1.165, 1.54) is 24.8 Å². The lowest BCUT2D eigenvalue weighted by atomic mass is 9.75. The average molecular weight is 289 g/mol. The number of rotatable bonds is 4. The van der Waals surface area contributed by atoms with E-state index in [4.69, 9.17) is 4.74 Å². The van der Waals surface area contributed by atoms with Crippen molar-refractivity contribution in [1.29, 1.82) is 0 Å². The number of nitrogens with one attached hydrogen (secondary N) is 1. The van der Waals surface area contributed by atoms with E-state index >= 15 is 0 Å². The van der Waals surface area contributed by atoms with Crippen molar-refractivity contribution in [3.05, 3.63) is 29.8 Å². The monoisotopic (exact) mass is 289 g/mol. The van der Waals surface area contributed by atoms with Gasteiger partial charge in [-0.1, -0.05) is 37.5 Å². The van der Waals surface area contributed by atoms with Gasteiger partial charge in [-0.3, -0.25) is 0 Å². The predicted molar refractivity (Wildman–Crippen MR) is 84.8 cm³/mol. The maximum absolute atomic E-state index is 10.2. The third-order valence-corrected chi connectivity index (χ3v) is 5.15. The van der Waals surface area contributed by atoms with Crippen molar-refractivity contribution in [3.63, 3.8) is 0 Å². The Balaban J connectivity index is 1.53. The molecule has 2 fully saturated rings. The topological polar surface area (TPSA) is 41.5 Å². The van der Waals surface area contributed by atoms with Crippen molar-refractivity contribution < 1.29 is 9.84 Å². The summed E-state index contributed by atoms with van der Waals surface area (Å²) in [7, 11) is 1.75. The molecule has 2 saturated carbocycles. The van der Waals surface area contributed by atoms with Crippen molar-refractivity contribution in [2.45, 2.75) is 69.1 Å². The Morgan fingerprint density at radius 3 is 2.67 bits per heavy atom. The second-order valence-corrected chi connectivity index (χ2v) is 6.59. The maximum atomic E-state index is 10.2. The molecular formula is C18H27NO2. The van der Waals surface area contributed by atoms with E-state index in [9.17, 15) is 5.11 Å². The highest BCUT2D eigenvalue weighted by molar-refractivity contribution is 5.37. The lowest BCUT2D eigenvalue weighted by molar-refractivity contribution is 0.101. The van der Waals surface area contributed by atoms with Crippen LogP contribution in [0.4, 0.5) is 0 Å². The van der Waals surface area contributed by atoms with Crippen molar-refractivity contribution in [2.24, 2.45) is 0 Å². The summed E-state index contributed by atoms with van der Waals surface area (Å²) >= 11 is 0. The summed E-state index contributed by atoms with van der Waals surface area (Å²) < 4.78 is 5.46. The Bertz CT molecular complexity index is 456. The summed E-state index contributed by atoms with van der Waals surface area (Å²) in [5.74, 6) is 1.61. The molecule has 2 aliphatic carbocycles. The third-order valence-electron chi connectivity index (χ3n) is 5.15. The fraction of sp³-hybridized carbons (Fsp3) is 0.667. The zero-order valence-corrected chi connectivity index (χ0v) is 12.9. The van der Waals surface area contributed by atoms with Gasteiger partial charge in [0.2, 0.25) is 0 Å². The second kappa shape index (κ2) is 6.80. The zero-order chi connectivity index (χ0) is 14.7. The largest absolute Gasteiger partial charge is 0.496 e. The maximum Gasteiger partial charge on any atom is 0.122 e. The molecule has 0 heterocycles. The van der Waals surface area contributed by atoms with Crippen LogP contribution in [-0.4, -0.2) is 30.4 Å². The van der Waals surface area contributed by atoms with Gasteiger partial charge in [-0.15, -0.1) is 0 Å². The normalized spacial score (nSPS) is 33.0. The van der Waals surface area contributed by atoms with Crippen molar-refractivity contribution >= 4 is 0 Å². The predicted octanol–water partition coefficient (Wildman–Crippen LogP) is 3.22. The van der Waals surface area contributed by atoms with Crippen LogP contribution in [0.5, 0.6) is 5.75 Å². The van der Waals surface area contributed by atoms with Crippen LogP contribution in [0.1, 0.15) is 56.4 Å². The number of hydrogen-bond acceptors (Lipinski definition) is 3. The van der Waals surface area contributed by atoms with Crippen LogP contribution in [0.3, 0.4) is 0 Å². The minimum atomic E-state index is -0.155. The van der Waals surface area contributed by atoms with Crippen LogP contribution >= 0.6 is 0 Å². The Morgan fingerprint density at radius 2 is 1.86 bits per heavy atom. The number of hydrogen-bond donors (Lipinski definition) is 2.